The van der Waals surface area contributed by atoms with Gasteiger partial charge in [0.15, 0.2) is 11.5 Å². The minimum atomic E-state index is -0.717. The van der Waals surface area contributed by atoms with E-state index >= 15 is 0 Å². The number of nitrogens with one attached hydrogen (secondary N) is 1. The van der Waals surface area contributed by atoms with Gasteiger partial charge < -0.3 is 25.0 Å². The van der Waals surface area contributed by atoms with Gasteiger partial charge in [0.1, 0.15) is 17.6 Å². The molecule has 2 aromatic heterocycles. The highest BCUT2D eigenvalue weighted by Crippen LogP contribution is 2.54. The maximum atomic E-state index is 11.1. The number of phenolic OH excluding ortho intramolecular Hbond substituents is 1. The highest BCUT2D eigenvalue weighted by molar-refractivity contribution is 7.11. The molecule has 6 rings (SSSR count). The molecule has 0 saturated heterocycles. The molecule has 0 aliphatic carbocycles. The maximum absolute atomic E-state index is 11.1. The van der Waals surface area contributed by atoms with Crippen molar-refractivity contribution in [3.63, 3.8) is 0 Å². The summed E-state index contributed by atoms with van der Waals surface area (Å²) in [6, 6.07) is 11.4. The average molecular weight is 530 g/mol. The molecule has 7 heteroatoms. The number of benzene rings is 2. The number of aliphatic hydroxyl groups excluding tert-OH is 1. The molecule has 4 aromatic rings. The Morgan fingerprint density at radius 3 is 2.65 bits per heavy atom. The molecule has 37 heavy (non-hydrogen) atoms. The van der Waals surface area contributed by atoms with Crippen LogP contribution in [0, 0.1) is 0 Å². The molecule has 2 aliphatic rings. The minimum Gasteiger partial charge on any atom is -0.504 e. The predicted octanol–water partition coefficient (Wildman–Crippen LogP) is 7.77. The van der Waals surface area contributed by atoms with E-state index in [2.05, 4.69) is 44.3 Å². The summed E-state index contributed by atoms with van der Waals surface area (Å²) in [5, 5.41) is 31.2. The van der Waals surface area contributed by atoms with Crippen molar-refractivity contribution in [1.29, 1.82) is 0 Å². The van der Waals surface area contributed by atoms with E-state index in [4.69, 9.17) is 9.47 Å². The molecule has 1 unspecified atom stereocenters. The second-order valence-electron chi connectivity index (χ2n) is 9.89. The first kappa shape index (κ1) is 23.9. The number of allylic oxidation sites excluding steroid dienone is 1. The number of thiophene rings is 2. The van der Waals surface area contributed by atoms with Crippen LogP contribution in [0.25, 0.3) is 28.5 Å². The third-order valence-electron chi connectivity index (χ3n) is 6.82. The first-order valence-electron chi connectivity index (χ1n) is 12.0. The highest BCUT2D eigenvalue weighted by atomic mass is 32.1. The summed E-state index contributed by atoms with van der Waals surface area (Å²) < 4.78 is 12.2. The molecule has 0 spiro atoms. The summed E-state index contributed by atoms with van der Waals surface area (Å²) in [6.45, 7) is 6.41. The van der Waals surface area contributed by atoms with Gasteiger partial charge in [-0.15, -0.1) is 11.3 Å². The summed E-state index contributed by atoms with van der Waals surface area (Å²) in [5.41, 5.74) is 7.30. The van der Waals surface area contributed by atoms with Crippen LogP contribution in [-0.4, -0.2) is 22.9 Å². The first-order chi connectivity index (χ1) is 17.8. The molecular weight excluding hydrogens is 502 g/mol. The number of hydrogen-bond acceptors (Lipinski definition) is 7. The van der Waals surface area contributed by atoms with Crippen LogP contribution < -0.4 is 14.8 Å². The molecule has 0 amide bonds. The van der Waals surface area contributed by atoms with E-state index in [1.165, 1.54) is 0 Å². The van der Waals surface area contributed by atoms with Gasteiger partial charge in [-0.25, -0.2) is 0 Å². The topological polar surface area (TPSA) is 71.0 Å². The standard InChI is InChI=1S/C30H27NO4S2/c1-16-14-30(2,3)31-20-6-5-19-26(25(16)20)23(35-22-8-7-21(32)29(34-4)27(19)22)13-24-18(10-12-37-24)28(33)17-9-11-36-15-17/h5-15,28,31-33H,1-4H3. The molecule has 5 nitrogen and oxygen atoms in total. The molecule has 188 valence electrons. The minimum absolute atomic E-state index is 0.0619. The summed E-state index contributed by atoms with van der Waals surface area (Å²) in [5.74, 6) is 1.73. The fourth-order valence-electron chi connectivity index (χ4n) is 5.35. The van der Waals surface area contributed by atoms with Crippen molar-refractivity contribution in [3.8, 4) is 28.4 Å². The number of phenols is 1. The number of fused-ring (bicyclic) bond motifs is 5. The lowest BCUT2D eigenvalue weighted by atomic mass is 9.83. The van der Waals surface area contributed by atoms with E-state index in [1.54, 1.807) is 41.9 Å². The second kappa shape index (κ2) is 8.80. The number of anilines is 1. The molecule has 1 atom stereocenters. The molecule has 0 radical (unpaired) electrons. The Labute approximate surface area is 224 Å². The number of ether oxygens (including phenoxy) is 2. The van der Waals surface area contributed by atoms with E-state index in [0.29, 0.717) is 17.3 Å². The highest BCUT2D eigenvalue weighted by Gasteiger charge is 2.33. The zero-order valence-electron chi connectivity index (χ0n) is 21.0. The zero-order valence-corrected chi connectivity index (χ0v) is 22.6. The maximum Gasteiger partial charge on any atom is 0.172 e. The number of aliphatic hydroxyl groups is 1. The van der Waals surface area contributed by atoms with Gasteiger partial charge in [-0.05, 0) is 84.5 Å². The van der Waals surface area contributed by atoms with Gasteiger partial charge in [0.25, 0.3) is 0 Å². The third-order valence-corrected chi connectivity index (χ3v) is 8.40. The number of methoxy groups -OCH3 is 1. The summed E-state index contributed by atoms with van der Waals surface area (Å²) >= 11 is 3.13. The van der Waals surface area contributed by atoms with Crippen LogP contribution in [-0.2, 0) is 0 Å². The average Bonchev–Trinajstić information content (AvgIpc) is 3.55. The van der Waals surface area contributed by atoms with Gasteiger partial charge in [-0.1, -0.05) is 12.1 Å². The molecular formula is C30H27NO4S2. The largest absolute Gasteiger partial charge is 0.504 e. The van der Waals surface area contributed by atoms with Crippen molar-refractivity contribution in [2.45, 2.75) is 32.4 Å². The SMILES string of the molecule is COc1c(O)ccc2c1-c1ccc3c(c1C(=Cc1sccc1C(O)c1ccsc1)O2)C(C)=CC(C)(C)N3. The van der Waals surface area contributed by atoms with E-state index in [9.17, 15) is 10.2 Å². The normalized spacial score (nSPS) is 17.1. The van der Waals surface area contributed by atoms with E-state index in [0.717, 1.165) is 49.5 Å². The predicted molar refractivity (Wildman–Crippen MR) is 153 cm³/mol. The monoisotopic (exact) mass is 529 g/mol. The van der Waals surface area contributed by atoms with E-state index < -0.39 is 6.10 Å². The van der Waals surface area contributed by atoms with Crippen molar-refractivity contribution < 1.29 is 19.7 Å². The van der Waals surface area contributed by atoms with E-state index in [1.807, 2.05) is 34.3 Å². The van der Waals surface area contributed by atoms with Crippen LogP contribution in [0.5, 0.6) is 17.2 Å². The third kappa shape index (κ3) is 3.94. The summed E-state index contributed by atoms with van der Waals surface area (Å²) in [6.07, 6.45) is 3.52. The van der Waals surface area contributed by atoms with Crippen LogP contribution in [0.4, 0.5) is 5.69 Å². The molecule has 3 N–H and O–H groups in total. The van der Waals surface area contributed by atoms with Crippen molar-refractivity contribution in [2.24, 2.45) is 0 Å². The lowest BCUT2D eigenvalue weighted by Crippen LogP contribution is -2.32. The Hall–Kier alpha value is -3.52. The number of aromatic hydroxyl groups is 1. The van der Waals surface area contributed by atoms with Crippen molar-refractivity contribution in [2.75, 3.05) is 12.4 Å². The van der Waals surface area contributed by atoms with Crippen LogP contribution in [0.1, 0.15) is 54.0 Å². The first-order valence-corrected chi connectivity index (χ1v) is 13.8. The van der Waals surface area contributed by atoms with Gasteiger partial charge >= 0.3 is 0 Å². The number of rotatable bonds is 4. The van der Waals surface area contributed by atoms with Crippen LogP contribution in [0.2, 0.25) is 0 Å². The van der Waals surface area contributed by atoms with E-state index in [-0.39, 0.29) is 11.3 Å². The molecule has 0 bridgehead atoms. The lowest BCUT2D eigenvalue weighted by Gasteiger charge is -2.35. The van der Waals surface area contributed by atoms with Gasteiger partial charge in [-0.2, -0.15) is 11.3 Å². The van der Waals surface area contributed by atoms with Crippen molar-refractivity contribution in [1.82, 2.24) is 0 Å². The Morgan fingerprint density at radius 1 is 1.05 bits per heavy atom. The molecule has 0 fully saturated rings. The molecule has 0 saturated carbocycles. The van der Waals surface area contributed by atoms with Gasteiger partial charge in [0.2, 0.25) is 0 Å². The fraction of sp³-hybridized carbons (Fsp3) is 0.200. The Balaban J connectivity index is 1.60. The van der Waals surface area contributed by atoms with Crippen molar-refractivity contribution >= 4 is 45.8 Å². The van der Waals surface area contributed by atoms with Crippen LogP contribution >= 0.6 is 22.7 Å². The molecule has 2 aromatic carbocycles. The summed E-state index contributed by atoms with van der Waals surface area (Å²) in [4.78, 5) is 0.928. The van der Waals surface area contributed by atoms with Gasteiger partial charge in [0.05, 0.1) is 18.2 Å². The van der Waals surface area contributed by atoms with Gasteiger partial charge in [0, 0.05) is 32.8 Å². The second-order valence-corrected chi connectivity index (χ2v) is 11.6. The fourth-order valence-corrected chi connectivity index (χ4v) is 6.88. The zero-order chi connectivity index (χ0) is 25.9. The lowest BCUT2D eigenvalue weighted by molar-refractivity contribution is 0.221. The quantitative estimate of drug-likeness (QED) is 0.252. The Morgan fingerprint density at radius 2 is 1.89 bits per heavy atom. The van der Waals surface area contributed by atoms with Crippen molar-refractivity contribution in [3.05, 3.63) is 85.7 Å². The number of hydrogen-bond donors (Lipinski definition) is 3. The summed E-state index contributed by atoms with van der Waals surface area (Å²) in [7, 11) is 1.55. The molecule has 4 heterocycles. The van der Waals surface area contributed by atoms with Crippen LogP contribution in [0.15, 0.2) is 58.6 Å². The molecule has 2 aliphatic heterocycles. The van der Waals surface area contributed by atoms with Gasteiger partial charge in [-0.3, -0.25) is 0 Å². The Bertz CT molecular complexity index is 1580. The Kier molecular flexibility index (Phi) is 5.67. The van der Waals surface area contributed by atoms with Crippen LogP contribution in [0.3, 0.4) is 0 Å². The smallest absolute Gasteiger partial charge is 0.172 e.